The molecule has 4 N–H and O–H groups in total. The minimum absolute atomic E-state index is 0.0551. The molecule has 0 fully saturated rings. The Kier molecular flexibility index (Phi) is 7.83. The second kappa shape index (κ2) is 10.8. The van der Waals surface area contributed by atoms with Gasteiger partial charge in [-0.3, -0.25) is 4.79 Å². The fourth-order valence-electron chi connectivity index (χ4n) is 3.96. The Hall–Kier alpha value is -3.39. The number of aliphatic hydroxyl groups is 1. The highest BCUT2D eigenvalue weighted by Gasteiger charge is 2.29. The summed E-state index contributed by atoms with van der Waals surface area (Å²) in [5, 5.41) is 23.1. The first-order valence-electron chi connectivity index (χ1n) is 10.7. The molecular formula is C24H28N2O6. The number of hydrogen-bond donors (Lipinski definition) is 4. The third-order valence-corrected chi connectivity index (χ3v) is 5.60. The van der Waals surface area contributed by atoms with Gasteiger partial charge in [-0.15, -0.1) is 0 Å². The molecule has 8 nitrogen and oxygen atoms in total. The number of rotatable bonds is 10. The van der Waals surface area contributed by atoms with Crippen molar-refractivity contribution in [2.45, 2.75) is 31.8 Å². The van der Waals surface area contributed by atoms with E-state index < -0.39 is 30.0 Å². The predicted molar refractivity (Wildman–Crippen MR) is 118 cm³/mol. The number of nitrogens with one attached hydrogen (secondary N) is 2. The van der Waals surface area contributed by atoms with Gasteiger partial charge < -0.3 is 25.6 Å². The summed E-state index contributed by atoms with van der Waals surface area (Å²) in [7, 11) is 0. The van der Waals surface area contributed by atoms with Crippen LogP contribution in [0.5, 0.6) is 0 Å². The Morgan fingerprint density at radius 2 is 1.56 bits per heavy atom. The van der Waals surface area contributed by atoms with Crippen molar-refractivity contribution in [3.63, 3.8) is 0 Å². The van der Waals surface area contributed by atoms with E-state index >= 15 is 0 Å². The lowest BCUT2D eigenvalue weighted by molar-refractivity contribution is -0.146. The van der Waals surface area contributed by atoms with Crippen LogP contribution in [0.15, 0.2) is 48.5 Å². The molecule has 0 saturated carbocycles. The van der Waals surface area contributed by atoms with Gasteiger partial charge in [0, 0.05) is 12.5 Å². The maximum absolute atomic E-state index is 12.3. The number of aliphatic hydroxyl groups excluding tert-OH is 1. The highest BCUT2D eigenvalue weighted by molar-refractivity contribution is 5.81. The highest BCUT2D eigenvalue weighted by Crippen LogP contribution is 2.44. The van der Waals surface area contributed by atoms with Crippen molar-refractivity contribution in [1.29, 1.82) is 0 Å². The number of carboxylic acid groups (broad SMARTS) is 1. The number of hydrogen-bond acceptors (Lipinski definition) is 5. The van der Waals surface area contributed by atoms with Gasteiger partial charge in [0.1, 0.15) is 6.61 Å². The maximum Gasteiger partial charge on any atom is 0.407 e. The Labute approximate surface area is 186 Å². The summed E-state index contributed by atoms with van der Waals surface area (Å²) in [6.07, 6.45) is -1.09. The summed E-state index contributed by atoms with van der Waals surface area (Å²) in [4.78, 5) is 35.3. The molecule has 1 unspecified atom stereocenters. The molecule has 0 heterocycles. The molecule has 0 saturated heterocycles. The van der Waals surface area contributed by atoms with E-state index in [4.69, 9.17) is 9.84 Å². The normalized spacial score (nSPS) is 14.1. The average Bonchev–Trinajstić information content (AvgIpc) is 3.12. The third-order valence-electron chi connectivity index (χ3n) is 5.60. The average molecular weight is 440 g/mol. The topological polar surface area (TPSA) is 125 Å². The van der Waals surface area contributed by atoms with E-state index in [1.807, 2.05) is 43.3 Å². The lowest BCUT2D eigenvalue weighted by Gasteiger charge is -2.18. The number of ether oxygens (including phenoxy) is 1. The molecule has 0 aromatic heterocycles. The standard InChI is InChI=1S/C24H28N2O6/c1-2-7-15(22(28)25-13-21(27)23(29)30)12-26-24(31)32-14-20-18-10-5-3-8-16(18)17-9-4-6-11-19(17)20/h3-6,8-11,15,20-21,27H,2,7,12-14H2,1H3,(H,25,28)(H,26,31)(H,29,30)/t15?,21-/m0/s1. The zero-order valence-corrected chi connectivity index (χ0v) is 17.9. The fraction of sp³-hybridized carbons (Fsp3) is 0.375. The van der Waals surface area contributed by atoms with E-state index in [2.05, 4.69) is 22.8 Å². The number of carboxylic acids is 1. The number of benzene rings is 2. The summed E-state index contributed by atoms with van der Waals surface area (Å²) in [6.45, 7) is 1.74. The SMILES string of the molecule is CCCC(CNC(=O)OCC1c2ccccc2-c2ccccc21)C(=O)NC[C@H](O)C(=O)O. The van der Waals surface area contributed by atoms with Crippen LogP contribution in [0.3, 0.4) is 0 Å². The summed E-state index contributed by atoms with van der Waals surface area (Å²) in [6, 6.07) is 16.1. The quantitative estimate of drug-likeness (QED) is 0.450. The van der Waals surface area contributed by atoms with Gasteiger partial charge in [0.25, 0.3) is 0 Å². The van der Waals surface area contributed by atoms with Crippen molar-refractivity contribution in [2.75, 3.05) is 19.7 Å². The van der Waals surface area contributed by atoms with Gasteiger partial charge in [-0.1, -0.05) is 61.9 Å². The molecule has 1 aliphatic carbocycles. The first-order chi connectivity index (χ1) is 15.4. The van der Waals surface area contributed by atoms with E-state index in [1.54, 1.807) is 0 Å². The molecule has 2 atom stereocenters. The summed E-state index contributed by atoms with van der Waals surface area (Å²) in [5.74, 6) is -2.44. The van der Waals surface area contributed by atoms with Gasteiger partial charge >= 0.3 is 12.1 Å². The number of aliphatic carboxylic acids is 1. The largest absolute Gasteiger partial charge is 0.479 e. The maximum atomic E-state index is 12.3. The molecule has 0 radical (unpaired) electrons. The number of carbonyl (C=O) groups excluding carboxylic acids is 2. The minimum atomic E-state index is -1.67. The minimum Gasteiger partial charge on any atom is -0.479 e. The zero-order valence-electron chi connectivity index (χ0n) is 17.9. The molecule has 2 aromatic carbocycles. The second-order valence-corrected chi connectivity index (χ2v) is 7.79. The van der Waals surface area contributed by atoms with E-state index in [-0.39, 0.29) is 25.6 Å². The van der Waals surface area contributed by atoms with Crippen LogP contribution >= 0.6 is 0 Å². The van der Waals surface area contributed by atoms with Crippen LogP contribution in [0.4, 0.5) is 4.79 Å². The van der Waals surface area contributed by atoms with Crippen LogP contribution in [-0.2, 0) is 14.3 Å². The third kappa shape index (κ3) is 5.45. The lowest BCUT2D eigenvalue weighted by atomic mass is 9.98. The first-order valence-corrected chi connectivity index (χ1v) is 10.7. The summed E-state index contributed by atoms with van der Waals surface area (Å²) < 4.78 is 5.48. The number of amides is 2. The van der Waals surface area contributed by atoms with Crippen molar-refractivity contribution < 1.29 is 29.3 Å². The Morgan fingerprint density at radius 1 is 0.969 bits per heavy atom. The van der Waals surface area contributed by atoms with E-state index in [1.165, 1.54) is 0 Å². The molecule has 8 heteroatoms. The van der Waals surface area contributed by atoms with Crippen LogP contribution in [0, 0.1) is 5.92 Å². The molecule has 170 valence electrons. The van der Waals surface area contributed by atoms with Crippen LogP contribution in [-0.4, -0.2) is 54.0 Å². The van der Waals surface area contributed by atoms with Crippen molar-refractivity contribution in [3.05, 3.63) is 59.7 Å². The molecule has 1 aliphatic rings. The zero-order chi connectivity index (χ0) is 23.1. The van der Waals surface area contributed by atoms with Crippen LogP contribution in [0.2, 0.25) is 0 Å². The Balaban J connectivity index is 1.54. The van der Waals surface area contributed by atoms with Gasteiger partial charge in [-0.25, -0.2) is 9.59 Å². The number of fused-ring (bicyclic) bond motifs is 3. The van der Waals surface area contributed by atoms with E-state index in [0.717, 1.165) is 22.3 Å². The molecule has 0 spiro atoms. The molecule has 32 heavy (non-hydrogen) atoms. The summed E-state index contributed by atoms with van der Waals surface area (Å²) >= 11 is 0. The Morgan fingerprint density at radius 3 is 2.12 bits per heavy atom. The van der Waals surface area contributed by atoms with Gasteiger partial charge in [0.15, 0.2) is 6.10 Å². The lowest BCUT2D eigenvalue weighted by Crippen LogP contribution is -2.43. The van der Waals surface area contributed by atoms with Crippen molar-refractivity contribution >= 4 is 18.0 Å². The number of carbonyl (C=O) groups is 3. The molecule has 0 bridgehead atoms. The van der Waals surface area contributed by atoms with Gasteiger partial charge in [-0.2, -0.15) is 0 Å². The van der Waals surface area contributed by atoms with E-state index in [0.29, 0.717) is 12.8 Å². The van der Waals surface area contributed by atoms with E-state index in [9.17, 15) is 19.5 Å². The van der Waals surface area contributed by atoms with Crippen LogP contribution in [0.25, 0.3) is 11.1 Å². The smallest absolute Gasteiger partial charge is 0.407 e. The van der Waals surface area contributed by atoms with Gasteiger partial charge in [0.2, 0.25) is 5.91 Å². The Bertz CT molecular complexity index is 931. The van der Waals surface area contributed by atoms with Crippen LogP contribution < -0.4 is 10.6 Å². The van der Waals surface area contributed by atoms with Crippen molar-refractivity contribution in [2.24, 2.45) is 5.92 Å². The summed E-state index contributed by atoms with van der Waals surface area (Å²) in [5.41, 5.74) is 4.50. The molecule has 2 amide bonds. The second-order valence-electron chi connectivity index (χ2n) is 7.79. The monoisotopic (exact) mass is 440 g/mol. The van der Waals surface area contributed by atoms with Crippen molar-refractivity contribution in [1.82, 2.24) is 10.6 Å². The molecule has 3 rings (SSSR count). The fourth-order valence-corrected chi connectivity index (χ4v) is 3.96. The van der Waals surface area contributed by atoms with Gasteiger partial charge in [0.05, 0.1) is 12.5 Å². The molecular weight excluding hydrogens is 412 g/mol. The first kappa shape index (κ1) is 23.3. The predicted octanol–water partition coefficient (Wildman–Crippen LogP) is 2.50. The van der Waals surface area contributed by atoms with Crippen LogP contribution in [0.1, 0.15) is 36.8 Å². The highest BCUT2D eigenvalue weighted by atomic mass is 16.5. The molecule has 0 aliphatic heterocycles. The number of alkyl carbamates (subject to hydrolysis) is 1. The molecule has 2 aromatic rings. The van der Waals surface area contributed by atoms with Gasteiger partial charge in [-0.05, 0) is 28.7 Å². The van der Waals surface area contributed by atoms with Crippen molar-refractivity contribution in [3.8, 4) is 11.1 Å².